The molecular weight excluding hydrogens is 366 g/mol. The Kier molecular flexibility index (Phi) is 5.20. The van der Waals surface area contributed by atoms with Crippen LogP contribution < -0.4 is 0 Å². The van der Waals surface area contributed by atoms with E-state index in [2.05, 4.69) is 0 Å². The van der Waals surface area contributed by atoms with E-state index in [1.165, 1.54) is 0 Å². The molecule has 5 nitrogen and oxygen atoms in total. The van der Waals surface area contributed by atoms with Gasteiger partial charge < -0.3 is 4.74 Å². The van der Waals surface area contributed by atoms with Crippen LogP contribution in [0, 0.1) is 0 Å². The summed E-state index contributed by atoms with van der Waals surface area (Å²) in [4.78, 5) is 38.9. The fourth-order valence-electron chi connectivity index (χ4n) is 3.52. The van der Waals surface area contributed by atoms with Crippen molar-refractivity contribution in [1.82, 2.24) is 4.90 Å². The zero-order chi connectivity index (χ0) is 20.2. The highest BCUT2D eigenvalue weighted by Crippen LogP contribution is 2.26. The minimum absolute atomic E-state index is 0.0222. The van der Waals surface area contributed by atoms with Crippen LogP contribution in [0.2, 0.25) is 0 Å². The monoisotopic (exact) mass is 385 g/mol. The fourth-order valence-corrected chi connectivity index (χ4v) is 3.52. The molecule has 144 valence electrons. The summed E-state index contributed by atoms with van der Waals surface area (Å²) in [7, 11) is 0. The van der Waals surface area contributed by atoms with Gasteiger partial charge in [0.2, 0.25) is 0 Å². The van der Waals surface area contributed by atoms with Crippen LogP contribution in [0.1, 0.15) is 37.8 Å². The van der Waals surface area contributed by atoms with E-state index in [1.807, 2.05) is 60.7 Å². The molecule has 0 saturated carbocycles. The standard InChI is InChI=1S/C24H19NO4/c26-22-19-13-7-8-14-20(19)23(27)25(22)15-16-29-24(28)21(17-9-3-1-4-10-17)18-11-5-2-6-12-18/h1-14,21H,15-16H2. The molecule has 1 aliphatic heterocycles. The SMILES string of the molecule is O=C(OCCN1C(=O)c2ccccc2C1=O)C(c1ccccc1)c1ccccc1. The number of amides is 2. The zero-order valence-electron chi connectivity index (χ0n) is 15.7. The van der Waals surface area contributed by atoms with Crippen molar-refractivity contribution in [3.8, 4) is 0 Å². The first-order valence-electron chi connectivity index (χ1n) is 9.38. The summed E-state index contributed by atoms with van der Waals surface area (Å²) in [6, 6.07) is 25.5. The lowest BCUT2D eigenvalue weighted by Crippen LogP contribution is -2.34. The van der Waals surface area contributed by atoms with Gasteiger partial charge in [0.05, 0.1) is 17.7 Å². The van der Waals surface area contributed by atoms with Crippen LogP contribution in [-0.4, -0.2) is 35.8 Å². The van der Waals surface area contributed by atoms with Crippen molar-refractivity contribution in [2.24, 2.45) is 0 Å². The van der Waals surface area contributed by atoms with Crippen LogP contribution in [0.5, 0.6) is 0 Å². The second kappa shape index (κ2) is 8.10. The van der Waals surface area contributed by atoms with E-state index < -0.39 is 11.9 Å². The van der Waals surface area contributed by atoms with Crippen molar-refractivity contribution in [3.63, 3.8) is 0 Å². The van der Waals surface area contributed by atoms with E-state index >= 15 is 0 Å². The molecule has 3 aromatic carbocycles. The van der Waals surface area contributed by atoms with E-state index in [-0.39, 0.29) is 25.0 Å². The molecule has 0 unspecified atom stereocenters. The van der Waals surface area contributed by atoms with E-state index in [4.69, 9.17) is 4.74 Å². The smallest absolute Gasteiger partial charge is 0.317 e. The van der Waals surface area contributed by atoms with Crippen LogP contribution in [0.3, 0.4) is 0 Å². The average Bonchev–Trinajstić information content (AvgIpc) is 3.01. The topological polar surface area (TPSA) is 63.7 Å². The van der Waals surface area contributed by atoms with Gasteiger partial charge in [-0.3, -0.25) is 19.3 Å². The first kappa shape index (κ1) is 18.6. The number of imide groups is 1. The van der Waals surface area contributed by atoms with Gasteiger partial charge in [-0.25, -0.2) is 0 Å². The number of ether oxygens (including phenoxy) is 1. The van der Waals surface area contributed by atoms with Gasteiger partial charge in [0.25, 0.3) is 11.8 Å². The third-order valence-corrected chi connectivity index (χ3v) is 4.94. The van der Waals surface area contributed by atoms with Crippen molar-refractivity contribution < 1.29 is 19.1 Å². The summed E-state index contributed by atoms with van der Waals surface area (Å²) in [5.41, 5.74) is 2.42. The number of esters is 1. The largest absolute Gasteiger partial charge is 0.463 e. The second-order valence-electron chi connectivity index (χ2n) is 6.73. The van der Waals surface area contributed by atoms with Gasteiger partial charge in [-0.1, -0.05) is 72.8 Å². The molecule has 2 amide bonds. The Morgan fingerprint density at radius 2 is 1.17 bits per heavy atom. The Hall–Kier alpha value is -3.73. The molecule has 3 aromatic rings. The number of benzene rings is 3. The summed E-state index contributed by atoms with van der Waals surface area (Å²) < 4.78 is 5.49. The zero-order valence-corrected chi connectivity index (χ0v) is 15.7. The Balaban J connectivity index is 1.46. The van der Waals surface area contributed by atoms with Crippen molar-refractivity contribution in [2.75, 3.05) is 13.2 Å². The summed E-state index contributed by atoms with van der Waals surface area (Å²) in [6.07, 6.45) is 0. The van der Waals surface area contributed by atoms with Gasteiger partial charge in [0, 0.05) is 0 Å². The molecule has 0 N–H and O–H groups in total. The van der Waals surface area contributed by atoms with Crippen LogP contribution in [0.4, 0.5) is 0 Å². The molecule has 0 saturated heterocycles. The Morgan fingerprint density at radius 1 is 0.724 bits per heavy atom. The number of nitrogens with zero attached hydrogens (tertiary/aromatic N) is 1. The highest BCUT2D eigenvalue weighted by molar-refractivity contribution is 6.21. The number of fused-ring (bicyclic) bond motifs is 1. The summed E-state index contributed by atoms with van der Waals surface area (Å²) in [5.74, 6) is -1.70. The number of carbonyl (C=O) groups is 3. The average molecular weight is 385 g/mol. The summed E-state index contributed by atoms with van der Waals surface area (Å²) in [5, 5.41) is 0. The van der Waals surface area contributed by atoms with Crippen LogP contribution in [0.25, 0.3) is 0 Å². The maximum Gasteiger partial charge on any atom is 0.317 e. The minimum atomic E-state index is -0.570. The van der Waals surface area contributed by atoms with Crippen molar-refractivity contribution in [1.29, 1.82) is 0 Å². The summed E-state index contributed by atoms with van der Waals surface area (Å²) in [6.45, 7) is -0.0329. The lowest BCUT2D eigenvalue weighted by atomic mass is 9.91. The van der Waals surface area contributed by atoms with Gasteiger partial charge in [-0.15, -0.1) is 0 Å². The molecule has 0 radical (unpaired) electrons. The molecule has 0 bridgehead atoms. The molecule has 0 atom stereocenters. The van der Waals surface area contributed by atoms with Crippen molar-refractivity contribution in [2.45, 2.75) is 5.92 Å². The van der Waals surface area contributed by atoms with Gasteiger partial charge in [-0.2, -0.15) is 0 Å². The number of hydrogen-bond donors (Lipinski definition) is 0. The normalized spacial score (nSPS) is 12.9. The molecular formula is C24H19NO4. The minimum Gasteiger partial charge on any atom is -0.463 e. The number of carbonyl (C=O) groups excluding carboxylic acids is 3. The molecule has 5 heteroatoms. The quantitative estimate of drug-likeness (QED) is 0.480. The van der Waals surface area contributed by atoms with Gasteiger partial charge in [-0.05, 0) is 23.3 Å². The van der Waals surface area contributed by atoms with E-state index in [9.17, 15) is 14.4 Å². The van der Waals surface area contributed by atoms with E-state index in [0.29, 0.717) is 11.1 Å². The van der Waals surface area contributed by atoms with Gasteiger partial charge in [0.15, 0.2) is 0 Å². The Morgan fingerprint density at radius 3 is 1.66 bits per heavy atom. The van der Waals surface area contributed by atoms with Crippen LogP contribution in [-0.2, 0) is 9.53 Å². The second-order valence-corrected chi connectivity index (χ2v) is 6.73. The number of hydrogen-bond acceptors (Lipinski definition) is 4. The maximum atomic E-state index is 12.9. The van der Waals surface area contributed by atoms with Crippen LogP contribution >= 0.6 is 0 Å². The maximum absolute atomic E-state index is 12.9. The molecule has 0 aromatic heterocycles. The predicted molar refractivity (Wildman–Crippen MR) is 107 cm³/mol. The van der Waals surface area contributed by atoms with E-state index in [0.717, 1.165) is 16.0 Å². The highest BCUT2D eigenvalue weighted by Gasteiger charge is 2.35. The van der Waals surface area contributed by atoms with Crippen molar-refractivity contribution >= 4 is 17.8 Å². The first-order valence-corrected chi connectivity index (χ1v) is 9.38. The first-order chi connectivity index (χ1) is 14.2. The molecule has 1 heterocycles. The molecule has 0 aliphatic carbocycles. The lowest BCUT2D eigenvalue weighted by molar-refractivity contribution is -0.144. The molecule has 29 heavy (non-hydrogen) atoms. The van der Waals surface area contributed by atoms with Gasteiger partial charge in [0.1, 0.15) is 12.5 Å². The summed E-state index contributed by atoms with van der Waals surface area (Å²) >= 11 is 0. The fraction of sp³-hybridized carbons (Fsp3) is 0.125. The molecule has 1 aliphatic rings. The third kappa shape index (κ3) is 3.67. The number of rotatable bonds is 6. The highest BCUT2D eigenvalue weighted by atomic mass is 16.5. The predicted octanol–water partition coefficient (Wildman–Crippen LogP) is 3.66. The Labute approximate surface area is 168 Å². The Bertz CT molecular complexity index is 972. The third-order valence-electron chi connectivity index (χ3n) is 4.94. The van der Waals surface area contributed by atoms with E-state index in [1.54, 1.807) is 24.3 Å². The molecule has 4 rings (SSSR count). The van der Waals surface area contributed by atoms with Crippen molar-refractivity contribution in [3.05, 3.63) is 107 Å². The van der Waals surface area contributed by atoms with Crippen LogP contribution in [0.15, 0.2) is 84.9 Å². The van der Waals surface area contributed by atoms with Gasteiger partial charge >= 0.3 is 5.97 Å². The lowest BCUT2D eigenvalue weighted by Gasteiger charge is -2.18. The molecule has 0 spiro atoms. The molecule has 0 fully saturated rings.